The molecule has 62 valence electrons. The first-order valence-corrected chi connectivity index (χ1v) is 5.63. The van der Waals surface area contributed by atoms with E-state index in [1.165, 1.54) is 16.6 Å². The number of benzene rings is 1. The Bertz CT molecular complexity index is 301. The van der Waals surface area contributed by atoms with Gasteiger partial charge in [0.1, 0.15) is 0 Å². The van der Waals surface area contributed by atoms with Crippen molar-refractivity contribution in [3.63, 3.8) is 0 Å². The van der Waals surface area contributed by atoms with Crippen molar-refractivity contribution in [3.8, 4) is 0 Å². The Morgan fingerprint density at radius 1 is 1.58 bits per heavy atom. The van der Waals surface area contributed by atoms with Crippen molar-refractivity contribution < 1.29 is 4.65 Å². The van der Waals surface area contributed by atoms with E-state index in [0.717, 1.165) is 11.0 Å². The lowest BCUT2D eigenvalue weighted by Crippen LogP contribution is -2.24. The summed E-state index contributed by atoms with van der Waals surface area (Å²) in [4.78, 5) is 0. The molecular weight excluding hydrogens is 262 g/mol. The van der Waals surface area contributed by atoms with Gasteiger partial charge in [0.15, 0.2) is 0 Å². The number of rotatable bonds is 1. The van der Waals surface area contributed by atoms with Crippen molar-refractivity contribution in [2.24, 2.45) is 0 Å². The Balaban J connectivity index is 2.43. The van der Waals surface area contributed by atoms with Crippen molar-refractivity contribution in [1.29, 1.82) is 0 Å². The molecule has 0 fully saturated rings. The van der Waals surface area contributed by atoms with Crippen LogP contribution in [0.3, 0.4) is 0 Å². The average molecular weight is 272 g/mol. The zero-order chi connectivity index (χ0) is 8.55. The van der Waals surface area contributed by atoms with Crippen LogP contribution in [0.25, 0.3) is 0 Å². The first kappa shape index (κ1) is 8.57. The zero-order valence-corrected chi connectivity index (χ0v) is 9.17. The molecule has 12 heavy (non-hydrogen) atoms. The Hall–Kier alpha value is -0.0251. The van der Waals surface area contributed by atoms with Crippen LogP contribution in [0, 0.1) is 0 Å². The number of hydrogen-bond donors (Lipinski definition) is 0. The molecule has 0 amide bonds. The van der Waals surface area contributed by atoms with Gasteiger partial charge in [0.2, 0.25) is 0 Å². The molecule has 1 aromatic carbocycles. The predicted octanol–water partition coefficient (Wildman–Crippen LogP) is 1.98. The normalized spacial score (nSPS) is 15.0. The number of alkyl halides is 1. The third-order valence-corrected chi connectivity index (χ3v) is 3.17. The minimum Gasteiger partial charge on any atom is -0.427 e. The average Bonchev–Trinajstić information content (AvgIpc) is 2.47. The number of halogens is 1. The molecule has 1 heterocycles. The topological polar surface area (TPSA) is 9.23 Å². The van der Waals surface area contributed by atoms with E-state index in [1.807, 2.05) is 0 Å². The van der Waals surface area contributed by atoms with E-state index in [-0.39, 0.29) is 0 Å². The fraction of sp³-hybridized carbons (Fsp3) is 0.333. The largest absolute Gasteiger partial charge is 0.427 e. The molecule has 0 N–H and O–H groups in total. The molecule has 0 aromatic heterocycles. The van der Waals surface area contributed by atoms with Crippen LogP contribution in [0.15, 0.2) is 18.2 Å². The lowest BCUT2D eigenvalue weighted by Gasteiger charge is -2.01. The maximum Gasteiger partial charge on any atom is 0.324 e. The van der Waals surface area contributed by atoms with Crippen molar-refractivity contribution in [2.75, 3.05) is 0 Å². The van der Waals surface area contributed by atoms with E-state index >= 15 is 0 Å². The van der Waals surface area contributed by atoms with Gasteiger partial charge in [-0.25, -0.2) is 0 Å². The Morgan fingerprint density at radius 2 is 2.42 bits per heavy atom. The summed E-state index contributed by atoms with van der Waals surface area (Å²) in [6.45, 7) is 3.20. The maximum absolute atomic E-state index is 5.52. The molecule has 1 aliphatic rings. The molecule has 0 aliphatic carbocycles. The van der Waals surface area contributed by atoms with Gasteiger partial charge in [-0.05, 0) is 16.6 Å². The van der Waals surface area contributed by atoms with Crippen LogP contribution >= 0.6 is 22.6 Å². The Labute approximate surface area is 86.8 Å². The second-order valence-corrected chi connectivity index (χ2v) is 3.88. The molecule has 0 saturated heterocycles. The molecule has 1 aromatic rings. The first-order chi connectivity index (χ1) is 5.81. The standard InChI is InChI=1S/C9H10BIO/c1-10-9-4-7(5-11)2-3-8(9)6-12-10/h2-4H,5-6H2,1H3. The molecule has 0 unspecified atom stereocenters. The fourth-order valence-corrected chi connectivity index (χ4v) is 2.02. The summed E-state index contributed by atoms with van der Waals surface area (Å²) in [6.07, 6.45) is 0. The van der Waals surface area contributed by atoms with Gasteiger partial charge in [-0.15, -0.1) is 0 Å². The lowest BCUT2D eigenvalue weighted by molar-refractivity contribution is 0.333. The van der Waals surface area contributed by atoms with Crippen LogP contribution < -0.4 is 5.46 Å². The van der Waals surface area contributed by atoms with E-state index in [1.54, 1.807) is 0 Å². The third kappa shape index (κ3) is 1.40. The van der Waals surface area contributed by atoms with Gasteiger partial charge in [-0.3, -0.25) is 0 Å². The van der Waals surface area contributed by atoms with Gasteiger partial charge in [-0.2, -0.15) is 0 Å². The summed E-state index contributed by atoms with van der Waals surface area (Å²) < 4.78 is 6.60. The van der Waals surface area contributed by atoms with E-state index in [4.69, 9.17) is 4.65 Å². The van der Waals surface area contributed by atoms with Crippen molar-refractivity contribution in [1.82, 2.24) is 0 Å². The van der Waals surface area contributed by atoms with Crippen LogP contribution in [0.4, 0.5) is 0 Å². The van der Waals surface area contributed by atoms with Crippen molar-refractivity contribution in [3.05, 3.63) is 29.3 Å². The van der Waals surface area contributed by atoms with Gasteiger partial charge in [0, 0.05) is 4.43 Å². The van der Waals surface area contributed by atoms with Crippen LogP contribution in [-0.2, 0) is 15.7 Å². The molecule has 1 nitrogen and oxygen atoms in total. The lowest BCUT2D eigenvalue weighted by atomic mass is 9.64. The van der Waals surface area contributed by atoms with E-state index in [0.29, 0.717) is 6.92 Å². The molecule has 1 aliphatic heterocycles. The zero-order valence-electron chi connectivity index (χ0n) is 7.01. The van der Waals surface area contributed by atoms with Crippen LogP contribution in [0.2, 0.25) is 6.82 Å². The van der Waals surface area contributed by atoms with E-state index in [9.17, 15) is 0 Å². The van der Waals surface area contributed by atoms with Gasteiger partial charge in [-0.1, -0.05) is 47.6 Å². The molecular formula is C9H10BIO. The molecule has 0 spiro atoms. The summed E-state index contributed by atoms with van der Waals surface area (Å²) in [5.41, 5.74) is 4.13. The van der Waals surface area contributed by atoms with Crippen LogP contribution in [0.5, 0.6) is 0 Å². The van der Waals surface area contributed by atoms with Crippen LogP contribution in [0.1, 0.15) is 11.1 Å². The fourth-order valence-electron chi connectivity index (χ4n) is 1.54. The van der Waals surface area contributed by atoms with Crippen molar-refractivity contribution >= 4 is 35.0 Å². The molecule has 0 atom stereocenters. The van der Waals surface area contributed by atoms with Crippen molar-refractivity contribution in [2.45, 2.75) is 17.9 Å². The molecule has 0 radical (unpaired) electrons. The smallest absolute Gasteiger partial charge is 0.324 e. The van der Waals surface area contributed by atoms with Gasteiger partial charge in [0.25, 0.3) is 0 Å². The Kier molecular flexibility index (Phi) is 2.41. The summed E-state index contributed by atoms with van der Waals surface area (Å²) in [7, 11) is 0. The highest BCUT2D eigenvalue weighted by Gasteiger charge is 2.22. The Morgan fingerprint density at radius 3 is 3.17 bits per heavy atom. The summed E-state index contributed by atoms with van der Waals surface area (Å²) in [5.74, 6) is 0. The maximum atomic E-state index is 5.52. The summed E-state index contributed by atoms with van der Waals surface area (Å²) in [6, 6.07) is 6.64. The highest BCUT2D eigenvalue weighted by atomic mass is 127. The monoisotopic (exact) mass is 272 g/mol. The van der Waals surface area contributed by atoms with E-state index < -0.39 is 0 Å². The first-order valence-electron chi connectivity index (χ1n) is 4.10. The van der Waals surface area contributed by atoms with Crippen LogP contribution in [-0.4, -0.2) is 6.92 Å². The predicted molar refractivity (Wildman–Crippen MR) is 60.2 cm³/mol. The quantitative estimate of drug-likeness (QED) is 0.431. The number of hydrogen-bond acceptors (Lipinski definition) is 1. The molecule has 0 saturated carbocycles. The third-order valence-electron chi connectivity index (χ3n) is 2.29. The SMILES string of the molecule is CB1OCc2ccc(CI)cc21. The van der Waals surface area contributed by atoms with Gasteiger partial charge >= 0.3 is 6.92 Å². The number of fused-ring (bicyclic) bond motifs is 1. The molecule has 0 bridgehead atoms. The minimum atomic E-state index is 0.294. The minimum absolute atomic E-state index is 0.294. The summed E-state index contributed by atoms with van der Waals surface area (Å²) in [5, 5.41) is 0. The highest BCUT2D eigenvalue weighted by Crippen LogP contribution is 2.13. The molecule has 2 rings (SSSR count). The van der Waals surface area contributed by atoms with Gasteiger partial charge < -0.3 is 4.65 Å². The second-order valence-electron chi connectivity index (χ2n) is 3.12. The molecule has 3 heteroatoms. The van der Waals surface area contributed by atoms with Gasteiger partial charge in [0.05, 0.1) is 6.61 Å². The summed E-state index contributed by atoms with van der Waals surface area (Å²) >= 11 is 2.38. The highest BCUT2D eigenvalue weighted by molar-refractivity contribution is 14.1. The van der Waals surface area contributed by atoms with E-state index in [2.05, 4.69) is 47.6 Å². The second kappa shape index (κ2) is 3.38.